The highest BCUT2D eigenvalue weighted by Gasteiger charge is 2.28. The lowest BCUT2D eigenvalue weighted by Crippen LogP contribution is -2.32. The number of H-pyrrole nitrogens is 3. The lowest BCUT2D eigenvalue weighted by molar-refractivity contribution is 0.0967. The van der Waals surface area contributed by atoms with E-state index in [0.717, 1.165) is 132 Å². The lowest BCUT2D eigenvalue weighted by Gasteiger charge is -2.11. The van der Waals surface area contributed by atoms with Gasteiger partial charge >= 0.3 is 0 Å². The number of benzene rings is 11. The fraction of sp³-hybridized carbons (Fsp3) is 0.185. The van der Waals surface area contributed by atoms with Crippen LogP contribution in [0.2, 0.25) is 15.1 Å². The molecule has 0 saturated heterocycles. The summed E-state index contributed by atoms with van der Waals surface area (Å²) < 4.78 is 108. The minimum Gasteiger partial charge on any atom is -0.494 e. The summed E-state index contributed by atoms with van der Waals surface area (Å²) in [6.07, 6.45) is 3.42. The highest BCUT2D eigenvalue weighted by atomic mass is 35.5. The third-order valence-electron chi connectivity index (χ3n) is 19.6. The molecule has 11 aromatic carbocycles. The summed E-state index contributed by atoms with van der Waals surface area (Å²) in [6, 6.07) is 72.3. The number of aryl methyl sites for hydroxylation is 10. The number of fused-ring (bicyclic) bond motifs is 3. The Balaban J connectivity index is 0.000000162. The minimum atomic E-state index is -4.13. The van der Waals surface area contributed by atoms with E-state index in [0.29, 0.717) is 76.3 Å². The molecule has 3 heterocycles. The molecule has 0 saturated carbocycles. The number of sulfonamides is 3. The second-order valence-corrected chi connectivity index (χ2v) is 34.4. The molecule has 25 heteroatoms. The van der Waals surface area contributed by atoms with Crippen LogP contribution in [0.3, 0.4) is 0 Å². The maximum Gasteiger partial charge on any atom is 0.281 e. The maximum absolute atomic E-state index is 13.3. The number of carbonyl (C=O) groups is 3. The first kappa shape index (κ1) is 84.8. The first-order valence-electron chi connectivity index (χ1n) is 37.8. The van der Waals surface area contributed by atoms with Crippen molar-refractivity contribution in [3.63, 3.8) is 0 Å². The first-order valence-corrected chi connectivity index (χ1v) is 43.4. The molecule has 117 heavy (non-hydrogen) atoms. The molecular weight excluding hydrogens is 1600 g/mol. The topological polar surface area (TPSA) is 274 Å². The van der Waals surface area contributed by atoms with Crippen molar-refractivity contribution in [3.8, 4) is 34.1 Å². The van der Waals surface area contributed by atoms with Gasteiger partial charge in [0.05, 0.1) is 34.5 Å². The Bertz CT molecular complexity index is 6250. The molecule has 0 bridgehead atoms. The van der Waals surface area contributed by atoms with Crippen LogP contribution in [0, 0.1) is 48.5 Å². The van der Waals surface area contributed by atoms with Crippen molar-refractivity contribution < 1.29 is 58.6 Å². The third kappa shape index (κ3) is 21.2. The number of ether oxygens (including phenoxy) is 4. The van der Waals surface area contributed by atoms with E-state index in [9.17, 15) is 39.6 Å². The standard InChI is InChI=1S/C33H31ClN2O5S.C32H29ClN2O4S.C27H27ClN2O4S/c1-22-19-26(20-23(2)31(22)34)40-18-8-12-29-28-11-6-7-13-30(28)35-32(29)33(37)36-42(38,39)27-16-14-25(15-17-27)41-21-24-9-4-3-5-10-24;1-21-19-25(20-22(2)30(21)33)39-18-8-12-28-27-11-6-7-13-29(27)34-31(28)32(36)35-40(37,38)26-16-14-24(15-17-26)23-9-4-3-5-10-23;1-17-9-4-7-13-24(17)35(32,33)30-27(31)26-22(21-10-5-6-12-23(21)29-26)11-8-14-34-20-15-18(2)25(28)19(3)16-20/h3-7,9-11,13-17,19-20,35H,8,12,18,21H2,1-2H3,(H,36,37);3-7,9-11,13-17,19-20,34H,8,12,18H2,1-2H3,(H,35,36);4-7,9-10,12-13,15-16,29H,8,11,14H2,1-3H3,(H,30,31). The van der Waals surface area contributed by atoms with Gasteiger partial charge in [-0.15, -0.1) is 0 Å². The maximum atomic E-state index is 13.3. The molecule has 3 amide bonds. The Morgan fingerprint density at radius 2 is 0.632 bits per heavy atom. The SMILES string of the molecule is Cc1cc(OCCCc2c(C(=O)NS(=O)(=O)c3ccc(-c4ccccc4)cc3)[nH]c3ccccc23)cc(C)c1Cl.Cc1cc(OCCCc2c(C(=O)NS(=O)(=O)c3ccc(OCc4ccccc4)cc3)[nH]c3ccccc23)cc(C)c1Cl.Cc1ccccc1S(=O)(=O)NC(=O)c1[nH]c2ccccc2c1CCCOc1cc(C)c(Cl)c(C)c1. The zero-order chi connectivity index (χ0) is 83.1. The number of carbonyl (C=O) groups excluding carboxylic acids is 3. The van der Waals surface area contributed by atoms with Crippen LogP contribution in [0.15, 0.2) is 257 Å². The number of aromatic nitrogens is 3. The van der Waals surface area contributed by atoms with Gasteiger partial charge in [-0.3, -0.25) is 14.4 Å². The van der Waals surface area contributed by atoms with Crippen LogP contribution < -0.4 is 33.1 Å². The summed E-state index contributed by atoms with van der Waals surface area (Å²) in [5.74, 6) is 0.608. The second-order valence-electron chi connectivity index (χ2n) is 28.2. The number of amides is 3. The first-order chi connectivity index (χ1) is 56.1. The van der Waals surface area contributed by atoms with Crippen molar-refractivity contribution in [2.45, 2.75) is 108 Å². The summed E-state index contributed by atoms with van der Waals surface area (Å²) in [5.41, 5.74) is 14.3. The van der Waals surface area contributed by atoms with E-state index >= 15 is 0 Å². The fourth-order valence-corrected chi connectivity index (χ4v) is 17.2. The van der Waals surface area contributed by atoms with Crippen molar-refractivity contribution in [2.75, 3.05) is 19.8 Å². The number of hydrogen-bond acceptors (Lipinski definition) is 13. The summed E-state index contributed by atoms with van der Waals surface area (Å²) in [6.45, 7) is 14.9. The molecule has 0 spiro atoms. The molecule has 0 aliphatic rings. The summed E-state index contributed by atoms with van der Waals surface area (Å²) >= 11 is 18.8. The predicted octanol–water partition coefficient (Wildman–Crippen LogP) is 20.3. The van der Waals surface area contributed by atoms with Crippen LogP contribution in [0.4, 0.5) is 0 Å². The molecule has 19 nitrogen and oxygen atoms in total. The van der Waals surface area contributed by atoms with E-state index in [1.54, 1.807) is 49.4 Å². The molecule has 0 radical (unpaired) electrons. The van der Waals surface area contributed by atoms with Crippen LogP contribution in [0.1, 0.15) is 112 Å². The van der Waals surface area contributed by atoms with Crippen molar-refractivity contribution in [3.05, 3.63) is 336 Å². The van der Waals surface area contributed by atoms with E-state index in [4.69, 9.17) is 53.8 Å². The molecular formula is C92H87Cl3N6O13S3. The largest absolute Gasteiger partial charge is 0.494 e. The number of hydrogen-bond donors (Lipinski definition) is 6. The molecule has 0 unspecified atom stereocenters. The predicted molar refractivity (Wildman–Crippen MR) is 463 cm³/mol. The van der Waals surface area contributed by atoms with Gasteiger partial charge in [-0.25, -0.2) is 39.4 Å². The zero-order valence-corrected chi connectivity index (χ0v) is 70.0. The van der Waals surface area contributed by atoms with Crippen LogP contribution in [0.25, 0.3) is 43.8 Å². The summed E-state index contributed by atoms with van der Waals surface area (Å²) in [4.78, 5) is 49.1. The smallest absolute Gasteiger partial charge is 0.281 e. The Hall–Kier alpha value is -11.6. The van der Waals surface area contributed by atoms with Gasteiger partial charge in [-0.1, -0.05) is 180 Å². The van der Waals surface area contributed by atoms with Crippen LogP contribution >= 0.6 is 34.8 Å². The highest BCUT2D eigenvalue weighted by Crippen LogP contribution is 2.33. The number of para-hydroxylation sites is 3. The second kappa shape index (κ2) is 38.0. The average molecular weight is 1690 g/mol. The number of rotatable bonds is 28. The van der Waals surface area contributed by atoms with E-state index in [1.165, 1.54) is 30.3 Å². The molecule has 0 aliphatic heterocycles. The van der Waals surface area contributed by atoms with Crippen LogP contribution in [0.5, 0.6) is 23.0 Å². The molecule has 14 aromatic rings. The van der Waals surface area contributed by atoms with Crippen LogP contribution in [-0.2, 0) is 55.9 Å². The molecule has 0 aliphatic carbocycles. The van der Waals surface area contributed by atoms with Gasteiger partial charge in [-0.2, -0.15) is 0 Å². The van der Waals surface area contributed by atoms with E-state index in [2.05, 4.69) is 29.1 Å². The Kier molecular flexibility index (Phi) is 27.5. The molecule has 6 N–H and O–H groups in total. The van der Waals surface area contributed by atoms with E-state index in [-0.39, 0.29) is 31.8 Å². The Morgan fingerprint density at radius 3 is 1.00 bits per heavy atom. The molecule has 0 atom stereocenters. The normalized spacial score (nSPS) is 11.5. The van der Waals surface area contributed by atoms with Crippen molar-refractivity contribution in [2.24, 2.45) is 0 Å². The number of aromatic amines is 3. The lowest BCUT2D eigenvalue weighted by atomic mass is 10.1. The number of halogens is 3. The van der Waals surface area contributed by atoms with Crippen molar-refractivity contribution >= 4 is 115 Å². The summed E-state index contributed by atoms with van der Waals surface area (Å²) in [7, 11) is -12.2. The van der Waals surface area contributed by atoms with Gasteiger partial charge in [0.25, 0.3) is 47.8 Å². The average Bonchev–Trinajstić information content (AvgIpc) is 1.66. The van der Waals surface area contributed by atoms with Crippen LogP contribution in [-0.4, -0.2) is 77.7 Å². The highest BCUT2D eigenvalue weighted by molar-refractivity contribution is 7.90. The third-order valence-corrected chi connectivity index (χ3v) is 25.6. The minimum absolute atomic E-state index is 0.0140. The van der Waals surface area contributed by atoms with Gasteiger partial charge in [-0.05, 0) is 256 Å². The molecule has 602 valence electrons. The Morgan fingerprint density at radius 1 is 0.325 bits per heavy atom. The molecule has 14 rings (SSSR count). The van der Waals surface area contributed by atoms with E-state index < -0.39 is 47.8 Å². The molecule has 0 fully saturated rings. The Labute approximate surface area is 696 Å². The molecule has 3 aromatic heterocycles. The van der Waals surface area contributed by atoms with Gasteiger partial charge in [0.15, 0.2) is 0 Å². The van der Waals surface area contributed by atoms with Gasteiger partial charge in [0.2, 0.25) is 0 Å². The van der Waals surface area contributed by atoms with Crippen molar-refractivity contribution in [1.82, 2.24) is 29.1 Å². The fourth-order valence-electron chi connectivity index (χ4n) is 13.7. The quantitative estimate of drug-likeness (QED) is 0.0249. The van der Waals surface area contributed by atoms with Gasteiger partial charge in [0.1, 0.15) is 46.7 Å². The van der Waals surface area contributed by atoms with Gasteiger partial charge in [0, 0.05) is 47.8 Å². The van der Waals surface area contributed by atoms with E-state index in [1.807, 2.05) is 211 Å². The van der Waals surface area contributed by atoms with Crippen molar-refractivity contribution in [1.29, 1.82) is 0 Å². The summed E-state index contributed by atoms with van der Waals surface area (Å²) in [5, 5.41) is 4.79. The van der Waals surface area contributed by atoms with Gasteiger partial charge < -0.3 is 33.9 Å². The monoisotopic (exact) mass is 1680 g/mol. The zero-order valence-electron chi connectivity index (χ0n) is 65.3. The number of nitrogens with one attached hydrogen (secondary N) is 6.